The van der Waals surface area contributed by atoms with Crippen molar-refractivity contribution in [3.05, 3.63) is 11.7 Å². The van der Waals surface area contributed by atoms with Gasteiger partial charge in [0.05, 0.1) is 19.7 Å². The summed E-state index contributed by atoms with van der Waals surface area (Å²) in [6.07, 6.45) is 1.97. The van der Waals surface area contributed by atoms with Crippen molar-refractivity contribution in [1.82, 2.24) is 15.0 Å². The van der Waals surface area contributed by atoms with Crippen LogP contribution in [0.2, 0.25) is 0 Å². The number of carbonyl (C=O) groups is 1. The van der Waals surface area contributed by atoms with Gasteiger partial charge in [-0.25, -0.2) is 0 Å². The molecule has 18 heavy (non-hydrogen) atoms. The molecule has 2 rings (SSSR count). The molecule has 1 aromatic rings. The number of carbonyl (C=O) groups excluding carboxylic acids is 1. The van der Waals surface area contributed by atoms with Crippen LogP contribution >= 0.6 is 0 Å². The summed E-state index contributed by atoms with van der Waals surface area (Å²) in [5, 5.41) is 3.97. The molecule has 1 aliphatic heterocycles. The van der Waals surface area contributed by atoms with Gasteiger partial charge in [0.15, 0.2) is 5.82 Å². The highest BCUT2D eigenvalue weighted by atomic mass is 16.5. The van der Waals surface area contributed by atoms with E-state index < -0.39 is 0 Å². The third kappa shape index (κ3) is 2.69. The highest BCUT2D eigenvalue weighted by Crippen LogP contribution is 2.31. The predicted molar refractivity (Wildman–Crippen MR) is 64.0 cm³/mol. The van der Waals surface area contributed by atoms with Crippen molar-refractivity contribution < 1.29 is 14.1 Å². The van der Waals surface area contributed by atoms with Crippen molar-refractivity contribution in [3.63, 3.8) is 0 Å². The topological polar surface area (TPSA) is 68.5 Å². The maximum Gasteiger partial charge on any atom is 0.319 e. The number of ether oxygens (including phenoxy) is 1. The maximum absolute atomic E-state index is 11.3. The number of nitrogens with zero attached hydrogens (tertiary/aromatic N) is 3. The summed E-state index contributed by atoms with van der Waals surface area (Å²) >= 11 is 0. The molecule has 1 saturated heterocycles. The van der Waals surface area contributed by atoms with Gasteiger partial charge in [-0.2, -0.15) is 4.98 Å². The number of methoxy groups -OCH3 is 1. The second kappa shape index (κ2) is 5.48. The Morgan fingerprint density at radius 3 is 3.00 bits per heavy atom. The molecule has 6 heteroatoms. The molecule has 2 heterocycles. The van der Waals surface area contributed by atoms with Crippen LogP contribution in [0, 0.1) is 0 Å². The average Bonchev–Trinajstić information content (AvgIpc) is 2.96. The minimum Gasteiger partial charge on any atom is -0.468 e. The zero-order valence-corrected chi connectivity index (χ0v) is 11.0. The van der Waals surface area contributed by atoms with Crippen LogP contribution in [0.1, 0.15) is 50.4 Å². The molecule has 6 nitrogen and oxygen atoms in total. The summed E-state index contributed by atoms with van der Waals surface area (Å²) in [5.74, 6) is 1.35. The van der Waals surface area contributed by atoms with E-state index in [1.54, 1.807) is 0 Å². The Morgan fingerprint density at radius 1 is 1.61 bits per heavy atom. The lowest BCUT2D eigenvalue weighted by Gasteiger charge is -2.19. The molecule has 0 aliphatic carbocycles. The van der Waals surface area contributed by atoms with Crippen LogP contribution in [-0.4, -0.2) is 41.2 Å². The van der Waals surface area contributed by atoms with E-state index in [-0.39, 0.29) is 24.5 Å². The summed E-state index contributed by atoms with van der Waals surface area (Å²) in [6.45, 7) is 5.19. The molecule has 1 aromatic heterocycles. The normalized spacial score (nSPS) is 20.6. The monoisotopic (exact) mass is 253 g/mol. The maximum atomic E-state index is 11.3. The Morgan fingerprint density at radius 2 is 2.39 bits per heavy atom. The summed E-state index contributed by atoms with van der Waals surface area (Å²) in [6, 6.07) is 0.0455. The lowest BCUT2D eigenvalue weighted by molar-refractivity contribution is -0.142. The van der Waals surface area contributed by atoms with Crippen molar-refractivity contribution in [2.75, 3.05) is 20.2 Å². The van der Waals surface area contributed by atoms with Gasteiger partial charge in [0, 0.05) is 5.92 Å². The molecule has 0 aromatic carbocycles. The van der Waals surface area contributed by atoms with Crippen LogP contribution < -0.4 is 0 Å². The standard InChI is InChI=1S/C12H19N3O3/c1-8(2)11-13-12(18-14-11)9-5-4-6-15(9)7-10(16)17-3/h8-9H,4-7H2,1-3H3/t9-/m0/s1. The molecule has 1 fully saturated rings. The number of hydrogen-bond acceptors (Lipinski definition) is 6. The van der Waals surface area contributed by atoms with Crippen LogP contribution in [0.5, 0.6) is 0 Å². The first-order chi connectivity index (χ1) is 8.61. The molecule has 0 amide bonds. The average molecular weight is 253 g/mol. The van der Waals surface area contributed by atoms with E-state index in [9.17, 15) is 4.79 Å². The van der Waals surface area contributed by atoms with E-state index in [2.05, 4.69) is 10.1 Å². The molecular formula is C12H19N3O3. The van der Waals surface area contributed by atoms with Crippen molar-refractivity contribution in [2.24, 2.45) is 0 Å². The molecule has 0 N–H and O–H groups in total. The molecule has 1 aliphatic rings. The van der Waals surface area contributed by atoms with Gasteiger partial charge in [-0.3, -0.25) is 9.69 Å². The second-order valence-corrected chi connectivity index (χ2v) is 4.85. The molecule has 0 unspecified atom stereocenters. The fourth-order valence-electron chi connectivity index (χ4n) is 2.14. The number of aromatic nitrogens is 2. The van der Waals surface area contributed by atoms with Crippen molar-refractivity contribution in [1.29, 1.82) is 0 Å². The number of rotatable bonds is 4. The van der Waals surface area contributed by atoms with Gasteiger partial charge in [0.2, 0.25) is 5.89 Å². The van der Waals surface area contributed by atoms with Gasteiger partial charge >= 0.3 is 5.97 Å². The highest BCUT2D eigenvalue weighted by Gasteiger charge is 2.32. The molecule has 1 atom stereocenters. The van der Waals surface area contributed by atoms with E-state index in [0.29, 0.717) is 5.89 Å². The van der Waals surface area contributed by atoms with Crippen LogP contribution in [-0.2, 0) is 9.53 Å². The minimum absolute atomic E-state index is 0.0455. The highest BCUT2D eigenvalue weighted by molar-refractivity contribution is 5.71. The zero-order chi connectivity index (χ0) is 13.1. The Kier molecular flexibility index (Phi) is 3.96. The van der Waals surface area contributed by atoms with E-state index in [0.717, 1.165) is 25.2 Å². The van der Waals surface area contributed by atoms with E-state index in [1.807, 2.05) is 18.7 Å². The predicted octanol–water partition coefficient (Wildman–Crippen LogP) is 1.50. The van der Waals surface area contributed by atoms with Gasteiger partial charge in [-0.15, -0.1) is 0 Å². The van der Waals surface area contributed by atoms with E-state index in [1.165, 1.54) is 7.11 Å². The van der Waals surface area contributed by atoms with Gasteiger partial charge in [-0.1, -0.05) is 19.0 Å². The van der Waals surface area contributed by atoms with Crippen molar-refractivity contribution >= 4 is 5.97 Å². The Hall–Kier alpha value is -1.43. The SMILES string of the molecule is COC(=O)CN1CCC[C@H]1c1nc(C(C)C)no1. The molecule has 0 radical (unpaired) electrons. The Balaban J connectivity index is 2.08. The summed E-state index contributed by atoms with van der Waals surface area (Å²) < 4.78 is 9.99. The fourth-order valence-corrected chi connectivity index (χ4v) is 2.14. The molecule has 0 saturated carbocycles. The smallest absolute Gasteiger partial charge is 0.319 e. The molecule has 100 valence electrons. The van der Waals surface area contributed by atoms with Gasteiger partial charge in [-0.05, 0) is 19.4 Å². The molecule has 0 bridgehead atoms. The third-order valence-corrected chi connectivity index (χ3v) is 3.18. The van der Waals surface area contributed by atoms with Crippen LogP contribution in [0.3, 0.4) is 0 Å². The summed E-state index contributed by atoms with van der Waals surface area (Å²) in [4.78, 5) is 17.8. The first kappa shape index (κ1) is 13.0. The summed E-state index contributed by atoms with van der Waals surface area (Å²) in [5.41, 5.74) is 0. The lowest BCUT2D eigenvalue weighted by Crippen LogP contribution is -2.30. The second-order valence-electron chi connectivity index (χ2n) is 4.85. The van der Waals surface area contributed by atoms with Gasteiger partial charge in [0.1, 0.15) is 0 Å². The van der Waals surface area contributed by atoms with E-state index >= 15 is 0 Å². The minimum atomic E-state index is -0.231. The van der Waals surface area contributed by atoms with Crippen LogP contribution in [0.4, 0.5) is 0 Å². The third-order valence-electron chi connectivity index (χ3n) is 3.18. The number of hydrogen-bond donors (Lipinski definition) is 0. The molecular weight excluding hydrogens is 234 g/mol. The first-order valence-electron chi connectivity index (χ1n) is 6.26. The van der Waals surface area contributed by atoms with Crippen molar-refractivity contribution in [3.8, 4) is 0 Å². The first-order valence-corrected chi connectivity index (χ1v) is 6.26. The van der Waals surface area contributed by atoms with Crippen molar-refractivity contribution in [2.45, 2.75) is 38.6 Å². The largest absolute Gasteiger partial charge is 0.468 e. The number of likely N-dealkylation sites (tertiary alicyclic amines) is 1. The Labute approximate surface area is 106 Å². The van der Waals surface area contributed by atoms with E-state index in [4.69, 9.17) is 9.26 Å². The van der Waals surface area contributed by atoms with Gasteiger partial charge < -0.3 is 9.26 Å². The van der Waals surface area contributed by atoms with Crippen LogP contribution in [0.15, 0.2) is 4.52 Å². The zero-order valence-electron chi connectivity index (χ0n) is 11.0. The van der Waals surface area contributed by atoms with Gasteiger partial charge in [0.25, 0.3) is 0 Å². The summed E-state index contributed by atoms with van der Waals surface area (Å²) in [7, 11) is 1.40. The molecule has 0 spiro atoms. The fraction of sp³-hybridized carbons (Fsp3) is 0.750. The van der Waals surface area contributed by atoms with Crippen LogP contribution in [0.25, 0.3) is 0 Å². The Bertz CT molecular complexity index is 416. The quantitative estimate of drug-likeness (QED) is 0.757. The lowest BCUT2D eigenvalue weighted by atomic mass is 10.2. The number of esters is 1.